The summed E-state index contributed by atoms with van der Waals surface area (Å²) in [7, 11) is 0. The molecule has 0 unspecified atom stereocenters. The maximum atomic E-state index is 12.6. The van der Waals surface area contributed by atoms with Crippen LogP contribution in [0.5, 0.6) is 0 Å². The topological polar surface area (TPSA) is 59.8 Å². The minimum atomic E-state index is -0.0332. The molecule has 156 valence electrons. The Balaban J connectivity index is 1.39. The molecule has 0 bridgehead atoms. The summed E-state index contributed by atoms with van der Waals surface area (Å²) in [5.41, 5.74) is 4.36. The van der Waals surface area contributed by atoms with E-state index in [4.69, 9.17) is 0 Å². The minimum Gasteiger partial charge on any atom is -0.324 e. The Labute approximate surface area is 186 Å². The van der Waals surface area contributed by atoms with Crippen molar-refractivity contribution in [2.75, 3.05) is 11.1 Å². The fourth-order valence-electron chi connectivity index (χ4n) is 3.55. The molecule has 5 nitrogen and oxygen atoms in total. The number of nitrogens with one attached hydrogen (secondary N) is 1. The molecule has 3 aromatic rings. The Bertz CT molecular complexity index is 1030. The third kappa shape index (κ3) is 5.08. The first kappa shape index (κ1) is 21.0. The molecular weight excluding hydrogens is 412 g/mol. The number of anilines is 1. The number of aryl methyl sites for hydroxylation is 2. The van der Waals surface area contributed by atoms with Gasteiger partial charge in [-0.2, -0.15) is 0 Å². The first-order valence-electron chi connectivity index (χ1n) is 10.3. The monoisotopic (exact) mass is 438 g/mol. The van der Waals surface area contributed by atoms with Crippen molar-refractivity contribution in [3.63, 3.8) is 0 Å². The van der Waals surface area contributed by atoms with Crippen LogP contribution in [0.15, 0.2) is 58.8 Å². The number of thioether (sulfide) groups is 2. The van der Waals surface area contributed by atoms with Gasteiger partial charge in [-0.1, -0.05) is 42.8 Å². The van der Waals surface area contributed by atoms with Gasteiger partial charge in [0.05, 0.1) is 11.4 Å². The summed E-state index contributed by atoms with van der Waals surface area (Å²) in [4.78, 5) is 13.8. The van der Waals surface area contributed by atoms with Gasteiger partial charge in [-0.15, -0.1) is 22.0 Å². The number of aromatic nitrogens is 3. The first-order chi connectivity index (χ1) is 14.6. The summed E-state index contributed by atoms with van der Waals surface area (Å²) in [6.07, 6.45) is 6.83. The van der Waals surface area contributed by atoms with Crippen LogP contribution in [-0.4, -0.2) is 31.7 Å². The molecule has 30 heavy (non-hydrogen) atoms. The molecule has 0 atom stereocenters. The maximum Gasteiger partial charge on any atom is 0.234 e. The number of amides is 1. The SMILES string of the molecule is Cc1ccc(-n2cnnc2SCC(=O)Nc2ccccc2SC2CCCC2)cc1C. The molecule has 0 radical (unpaired) electrons. The Hall–Kier alpha value is -2.25. The Kier molecular flexibility index (Phi) is 6.79. The molecule has 1 amide bonds. The average molecular weight is 439 g/mol. The number of hydrogen-bond acceptors (Lipinski definition) is 5. The molecule has 1 fully saturated rings. The van der Waals surface area contributed by atoms with Crippen LogP contribution < -0.4 is 5.32 Å². The number of nitrogens with zero attached hydrogens (tertiary/aromatic N) is 3. The van der Waals surface area contributed by atoms with E-state index in [9.17, 15) is 4.79 Å². The van der Waals surface area contributed by atoms with Crippen LogP contribution in [0.3, 0.4) is 0 Å². The normalized spacial score (nSPS) is 14.2. The van der Waals surface area contributed by atoms with Crippen molar-refractivity contribution in [3.05, 3.63) is 59.9 Å². The second-order valence-corrected chi connectivity index (χ2v) is 9.89. The third-order valence-corrected chi connectivity index (χ3v) is 7.73. The predicted octanol–water partition coefficient (Wildman–Crippen LogP) is 5.65. The lowest BCUT2D eigenvalue weighted by molar-refractivity contribution is -0.113. The predicted molar refractivity (Wildman–Crippen MR) is 125 cm³/mol. The molecule has 4 rings (SSSR count). The zero-order valence-corrected chi connectivity index (χ0v) is 18.9. The van der Waals surface area contributed by atoms with Crippen molar-refractivity contribution in [2.24, 2.45) is 0 Å². The molecule has 1 aliphatic carbocycles. The molecule has 0 saturated heterocycles. The van der Waals surface area contributed by atoms with Crippen LogP contribution >= 0.6 is 23.5 Å². The van der Waals surface area contributed by atoms with E-state index >= 15 is 0 Å². The highest BCUT2D eigenvalue weighted by Gasteiger charge is 2.18. The lowest BCUT2D eigenvalue weighted by Gasteiger charge is -2.14. The molecule has 7 heteroatoms. The largest absolute Gasteiger partial charge is 0.324 e. The van der Waals surface area contributed by atoms with Crippen molar-refractivity contribution in [1.29, 1.82) is 0 Å². The molecule has 1 aromatic heterocycles. The van der Waals surface area contributed by atoms with Crippen LogP contribution in [0.25, 0.3) is 5.69 Å². The van der Waals surface area contributed by atoms with E-state index in [0.717, 1.165) is 16.3 Å². The van der Waals surface area contributed by atoms with Gasteiger partial charge >= 0.3 is 0 Å². The molecule has 2 aromatic carbocycles. The van der Waals surface area contributed by atoms with Gasteiger partial charge in [-0.3, -0.25) is 9.36 Å². The minimum absolute atomic E-state index is 0.0332. The highest BCUT2D eigenvalue weighted by atomic mass is 32.2. The number of para-hydroxylation sites is 1. The summed E-state index contributed by atoms with van der Waals surface area (Å²) in [5.74, 6) is 0.250. The van der Waals surface area contributed by atoms with Gasteiger partial charge in [-0.25, -0.2) is 0 Å². The Morgan fingerprint density at radius 1 is 1.13 bits per heavy atom. The smallest absolute Gasteiger partial charge is 0.234 e. The maximum absolute atomic E-state index is 12.6. The van der Waals surface area contributed by atoms with E-state index in [1.165, 1.54) is 48.6 Å². The molecular formula is C23H26N4OS2. The second-order valence-electron chi connectivity index (χ2n) is 7.61. The third-order valence-electron chi connectivity index (χ3n) is 5.37. The Morgan fingerprint density at radius 2 is 1.93 bits per heavy atom. The van der Waals surface area contributed by atoms with E-state index in [1.807, 2.05) is 40.6 Å². The van der Waals surface area contributed by atoms with Crippen LogP contribution in [0.2, 0.25) is 0 Å². The fourth-order valence-corrected chi connectivity index (χ4v) is 5.61. The lowest BCUT2D eigenvalue weighted by atomic mass is 10.1. The molecule has 0 spiro atoms. The van der Waals surface area contributed by atoms with Gasteiger partial charge in [0.1, 0.15) is 6.33 Å². The standard InChI is InChI=1S/C23H26N4OS2/c1-16-11-12-18(13-17(16)2)27-15-24-26-23(27)29-14-22(28)25-20-9-5-6-10-21(20)30-19-7-3-4-8-19/h5-6,9-13,15,19H,3-4,7-8,14H2,1-2H3,(H,25,28). The quantitative estimate of drug-likeness (QED) is 0.483. The van der Waals surface area contributed by atoms with Gasteiger partial charge in [0.25, 0.3) is 0 Å². The van der Waals surface area contributed by atoms with Crippen molar-refractivity contribution in [1.82, 2.24) is 14.8 Å². The summed E-state index contributed by atoms with van der Waals surface area (Å²) < 4.78 is 1.92. The summed E-state index contributed by atoms with van der Waals surface area (Å²) in [6.45, 7) is 4.18. The van der Waals surface area contributed by atoms with Gasteiger partial charge in [0.15, 0.2) is 5.16 Å². The number of carbonyl (C=O) groups excluding carboxylic acids is 1. The van der Waals surface area contributed by atoms with Gasteiger partial charge < -0.3 is 5.32 Å². The van der Waals surface area contributed by atoms with Crippen molar-refractivity contribution in [2.45, 2.75) is 54.8 Å². The Morgan fingerprint density at radius 3 is 2.73 bits per heavy atom. The number of rotatable bonds is 7. The summed E-state index contributed by atoms with van der Waals surface area (Å²) >= 11 is 3.29. The van der Waals surface area contributed by atoms with Crippen LogP contribution in [0.1, 0.15) is 36.8 Å². The van der Waals surface area contributed by atoms with E-state index < -0.39 is 0 Å². The number of carbonyl (C=O) groups is 1. The van der Waals surface area contributed by atoms with Crippen LogP contribution in [0.4, 0.5) is 5.69 Å². The molecule has 0 aliphatic heterocycles. The number of hydrogen-bond donors (Lipinski definition) is 1. The highest BCUT2D eigenvalue weighted by Crippen LogP contribution is 2.38. The first-order valence-corrected chi connectivity index (χ1v) is 12.1. The van der Waals surface area contributed by atoms with E-state index in [0.29, 0.717) is 10.4 Å². The average Bonchev–Trinajstić information content (AvgIpc) is 3.42. The highest BCUT2D eigenvalue weighted by molar-refractivity contribution is 8.00. The van der Waals surface area contributed by atoms with Crippen molar-refractivity contribution >= 4 is 35.1 Å². The summed E-state index contributed by atoms with van der Waals surface area (Å²) in [5, 5.41) is 12.7. The van der Waals surface area contributed by atoms with Crippen molar-refractivity contribution < 1.29 is 4.79 Å². The van der Waals surface area contributed by atoms with E-state index in [1.54, 1.807) is 6.33 Å². The van der Waals surface area contributed by atoms with E-state index in [-0.39, 0.29) is 11.7 Å². The molecule has 1 saturated carbocycles. The van der Waals surface area contributed by atoms with Crippen LogP contribution in [0, 0.1) is 13.8 Å². The zero-order chi connectivity index (χ0) is 20.9. The van der Waals surface area contributed by atoms with Gasteiger partial charge in [0, 0.05) is 15.8 Å². The second kappa shape index (κ2) is 9.71. The van der Waals surface area contributed by atoms with Crippen LogP contribution in [-0.2, 0) is 4.79 Å². The van der Waals surface area contributed by atoms with Gasteiger partial charge in [-0.05, 0) is 62.1 Å². The molecule has 1 N–H and O–H groups in total. The van der Waals surface area contributed by atoms with Crippen molar-refractivity contribution in [3.8, 4) is 5.69 Å². The van der Waals surface area contributed by atoms with E-state index in [2.05, 4.69) is 47.6 Å². The molecule has 1 heterocycles. The lowest BCUT2D eigenvalue weighted by Crippen LogP contribution is -2.15. The fraction of sp³-hybridized carbons (Fsp3) is 0.348. The molecule has 1 aliphatic rings. The zero-order valence-electron chi connectivity index (χ0n) is 17.3. The number of benzene rings is 2. The summed E-state index contributed by atoms with van der Waals surface area (Å²) in [6, 6.07) is 14.3. The van der Waals surface area contributed by atoms with Gasteiger partial charge in [0.2, 0.25) is 5.91 Å².